The second-order valence-corrected chi connectivity index (χ2v) is 6.83. The fourth-order valence-electron chi connectivity index (χ4n) is 1.53. The molecule has 0 radical (unpaired) electrons. The molecule has 1 aromatic rings. The lowest BCUT2D eigenvalue weighted by Gasteiger charge is -2.10. The van der Waals surface area contributed by atoms with Gasteiger partial charge in [-0.3, -0.25) is 10.1 Å². The van der Waals surface area contributed by atoms with Gasteiger partial charge in [0, 0.05) is 0 Å². The Labute approximate surface area is 133 Å². The lowest BCUT2D eigenvalue weighted by Crippen LogP contribution is -2.18. The Kier molecular flexibility index (Phi) is 7.69. The van der Waals surface area contributed by atoms with E-state index in [1.807, 2.05) is 38.1 Å². The first kappa shape index (κ1) is 17.9. The quantitative estimate of drug-likeness (QED) is 0.424. The summed E-state index contributed by atoms with van der Waals surface area (Å²) in [6, 6.07) is 3.95. The monoisotopic (exact) mass is 331 g/mol. The van der Waals surface area contributed by atoms with Crippen molar-refractivity contribution in [2.45, 2.75) is 24.6 Å². The highest BCUT2D eigenvalue weighted by molar-refractivity contribution is 8.02. The minimum atomic E-state index is -0.394. The van der Waals surface area contributed by atoms with Crippen LogP contribution in [0.2, 0.25) is 0 Å². The number of nitrogens with one attached hydrogen (secondary N) is 1. The maximum Gasteiger partial charge on any atom is 0.318 e. The van der Waals surface area contributed by atoms with Crippen LogP contribution in [-0.2, 0) is 12.3 Å². The molecule has 0 fully saturated rings. The van der Waals surface area contributed by atoms with Crippen molar-refractivity contribution in [3.05, 3.63) is 45.0 Å². The molecule has 0 bridgehead atoms. The second kappa shape index (κ2) is 9.01. The molecule has 0 aliphatic heterocycles. The molecule has 1 N–H and O–H groups in total. The Hall–Kier alpha value is -1.12. The minimum Gasteiger partial charge on any atom is -0.464 e. The molecule has 0 aliphatic rings. The summed E-state index contributed by atoms with van der Waals surface area (Å²) in [7, 11) is 3.99. The van der Waals surface area contributed by atoms with Gasteiger partial charge in [-0.1, -0.05) is 11.8 Å². The maximum atomic E-state index is 10.7. The van der Waals surface area contributed by atoms with E-state index in [1.165, 1.54) is 6.20 Å². The Bertz CT molecular complexity index is 489. The number of hydrogen-bond donors (Lipinski definition) is 1. The normalized spacial score (nSPS) is 13.5. The molecule has 0 aliphatic carbocycles. The summed E-state index contributed by atoms with van der Waals surface area (Å²) < 4.78 is 5.71. The summed E-state index contributed by atoms with van der Waals surface area (Å²) in [5.41, 5.74) is 0. The number of rotatable bonds is 9. The topological polar surface area (TPSA) is 71.5 Å². The third-order valence-electron chi connectivity index (χ3n) is 2.50. The van der Waals surface area contributed by atoms with Crippen LogP contribution < -0.4 is 5.32 Å². The number of nitrogens with zero attached hydrogens (tertiary/aromatic N) is 2. The third kappa shape index (κ3) is 6.92. The molecule has 0 spiro atoms. The van der Waals surface area contributed by atoms with E-state index in [9.17, 15) is 10.1 Å². The fraction of sp³-hybridized carbons (Fsp3) is 0.538. The largest absolute Gasteiger partial charge is 0.464 e. The molecular weight excluding hydrogens is 310 g/mol. The van der Waals surface area contributed by atoms with Crippen molar-refractivity contribution < 1.29 is 9.34 Å². The zero-order chi connectivity index (χ0) is 15.8. The molecule has 8 heteroatoms. The Morgan fingerprint density at radius 2 is 2.19 bits per heavy atom. The zero-order valence-electron chi connectivity index (χ0n) is 12.7. The first-order valence-corrected chi connectivity index (χ1v) is 8.68. The number of nitro groups is 1. The molecule has 0 saturated carbocycles. The molecule has 1 rings (SSSR count). The average Bonchev–Trinajstić information content (AvgIpc) is 2.83. The molecule has 0 amide bonds. The summed E-state index contributed by atoms with van der Waals surface area (Å²) in [6.07, 6.45) is 3.13. The van der Waals surface area contributed by atoms with E-state index < -0.39 is 4.92 Å². The van der Waals surface area contributed by atoms with Crippen LogP contribution in [0.4, 0.5) is 0 Å². The first-order valence-electron chi connectivity index (χ1n) is 6.41. The second-order valence-electron chi connectivity index (χ2n) is 4.67. The molecule has 0 saturated heterocycles. The predicted molar refractivity (Wildman–Crippen MR) is 88.6 cm³/mol. The third-order valence-corrected chi connectivity index (χ3v) is 4.27. The highest BCUT2D eigenvalue weighted by Gasteiger charge is 2.10. The van der Waals surface area contributed by atoms with Crippen molar-refractivity contribution in [2.75, 3.05) is 20.4 Å². The van der Waals surface area contributed by atoms with E-state index in [4.69, 9.17) is 4.42 Å². The van der Waals surface area contributed by atoms with Gasteiger partial charge in [0.25, 0.3) is 0 Å². The van der Waals surface area contributed by atoms with Gasteiger partial charge >= 0.3 is 5.03 Å². The van der Waals surface area contributed by atoms with Gasteiger partial charge in [0.1, 0.15) is 11.5 Å². The molecule has 1 unspecified atom stereocenters. The fourth-order valence-corrected chi connectivity index (χ4v) is 2.60. The summed E-state index contributed by atoms with van der Waals surface area (Å²) in [5, 5.41) is 13.8. The standard InChI is InChI=1S/C13H21N3O3S2/c1-10(14-7-13(20-4)16(17)18)21-9-12-6-5-11(19-12)8-15(2)3/h5-7,10,14H,8-9H2,1-4H3. The van der Waals surface area contributed by atoms with Gasteiger partial charge in [-0.25, -0.2) is 0 Å². The van der Waals surface area contributed by atoms with Gasteiger partial charge < -0.3 is 14.6 Å². The minimum absolute atomic E-state index is 0.0644. The van der Waals surface area contributed by atoms with E-state index in [2.05, 4.69) is 5.32 Å². The van der Waals surface area contributed by atoms with Crippen molar-refractivity contribution >= 4 is 23.5 Å². The lowest BCUT2D eigenvalue weighted by molar-refractivity contribution is -0.410. The predicted octanol–water partition coefficient (Wildman–Crippen LogP) is 2.95. The zero-order valence-corrected chi connectivity index (χ0v) is 14.3. The lowest BCUT2D eigenvalue weighted by atomic mass is 10.4. The van der Waals surface area contributed by atoms with Gasteiger partial charge in [0.2, 0.25) is 0 Å². The molecule has 1 heterocycles. The van der Waals surface area contributed by atoms with Crippen molar-refractivity contribution in [3.63, 3.8) is 0 Å². The Morgan fingerprint density at radius 3 is 2.76 bits per heavy atom. The molecule has 0 aromatic carbocycles. The highest BCUT2D eigenvalue weighted by Crippen LogP contribution is 2.19. The summed E-state index contributed by atoms with van der Waals surface area (Å²) in [4.78, 5) is 12.3. The van der Waals surface area contributed by atoms with Crippen LogP contribution >= 0.6 is 23.5 Å². The van der Waals surface area contributed by atoms with Gasteiger partial charge in [0.15, 0.2) is 0 Å². The van der Waals surface area contributed by atoms with Crippen LogP contribution in [-0.4, -0.2) is 35.5 Å². The van der Waals surface area contributed by atoms with Crippen LogP contribution in [0.3, 0.4) is 0 Å². The van der Waals surface area contributed by atoms with Crippen molar-refractivity contribution in [3.8, 4) is 0 Å². The highest BCUT2D eigenvalue weighted by atomic mass is 32.2. The average molecular weight is 331 g/mol. The molecular formula is C13H21N3O3S2. The van der Waals surface area contributed by atoms with Crippen molar-refractivity contribution in [1.82, 2.24) is 10.2 Å². The molecule has 118 valence electrons. The van der Waals surface area contributed by atoms with E-state index in [0.717, 1.165) is 35.6 Å². The summed E-state index contributed by atoms with van der Waals surface area (Å²) in [5.74, 6) is 2.57. The Morgan fingerprint density at radius 1 is 1.52 bits per heavy atom. The summed E-state index contributed by atoms with van der Waals surface area (Å²) >= 11 is 2.74. The van der Waals surface area contributed by atoms with Crippen LogP contribution in [0.1, 0.15) is 18.4 Å². The van der Waals surface area contributed by atoms with Gasteiger partial charge in [-0.2, -0.15) is 0 Å². The maximum absolute atomic E-state index is 10.7. The Balaban J connectivity index is 2.40. The van der Waals surface area contributed by atoms with E-state index in [1.54, 1.807) is 18.0 Å². The van der Waals surface area contributed by atoms with Crippen LogP contribution in [0.15, 0.2) is 27.8 Å². The molecule has 1 atom stereocenters. The first-order chi connectivity index (χ1) is 9.92. The molecule has 21 heavy (non-hydrogen) atoms. The molecule has 1 aromatic heterocycles. The van der Waals surface area contributed by atoms with Crippen LogP contribution in [0, 0.1) is 10.1 Å². The van der Waals surface area contributed by atoms with Gasteiger partial charge in [-0.05, 0) is 39.4 Å². The van der Waals surface area contributed by atoms with Crippen molar-refractivity contribution in [1.29, 1.82) is 0 Å². The van der Waals surface area contributed by atoms with Gasteiger partial charge in [0.05, 0.1) is 28.8 Å². The van der Waals surface area contributed by atoms with E-state index in [0.29, 0.717) is 0 Å². The van der Waals surface area contributed by atoms with E-state index >= 15 is 0 Å². The number of thioether (sulfide) groups is 2. The SMILES string of the molecule is CSC(=CNC(C)SCc1ccc(CN(C)C)o1)[N+](=O)[O-]. The van der Waals surface area contributed by atoms with E-state index in [-0.39, 0.29) is 10.4 Å². The van der Waals surface area contributed by atoms with Crippen LogP contribution in [0.5, 0.6) is 0 Å². The number of hydrogen-bond acceptors (Lipinski definition) is 7. The number of furan rings is 1. The van der Waals surface area contributed by atoms with Crippen molar-refractivity contribution in [2.24, 2.45) is 0 Å². The van der Waals surface area contributed by atoms with Gasteiger partial charge in [-0.15, -0.1) is 11.8 Å². The summed E-state index contributed by atoms with van der Waals surface area (Å²) in [6.45, 7) is 2.74. The van der Waals surface area contributed by atoms with Crippen LogP contribution in [0.25, 0.3) is 0 Å². The smallest absolute Gasteiger partial charge is 0.318 e. The molecule has 6 nitrogen and oxygen atoms in total.